The van der Waals surface area contributed by atoms with Gasteiger partial charge in [0.2, 0.25) is 0 Å². The van der Waals surface area contributed by atoms with Gasteiger partial charge in [0.05, 0.1) is 12.2 Å². The van der Waals surface area contributed by atoms with Gasteiger partial charge in [-0.3, -0.25) is 0 Å². The maximum absolute atomic E-state index is 11.8. The van der Waals surface area contributed by atoms with Crippen molar-refractivity contribution < 1.29 is 34.7 Å². The zero-order chi connectivity index (χ0) is 18.1. The van der Waals surface area contributed by atoms with E-state index in [2.05, 4.69) is 0 Å². The van der Waals surface area contributed by atoms with Crippen molar-refractivity contribution in [3.05, 3.63) is 41.5 Å². The largest absolute Gasteiger partial charge is 0.490 e. The van der Waals surface area contributed by atoms with E-state index in [-0.39, 0.29) is 5.56 Å². The minimum atomic E-state index is -1.60. The molecule has 0 spiro atoms. The maximum atomic E-state index is 11.8. The lowest BCUT2D eigenvalue weighted by Crippen LogP contribution is -2.42. The molecule has 0 aromatic heterocycles. The number of aliphatic hydroxyl groups excluding tert-OH is 4. The summed E-state index contributed by atoms with van der Waals surface area (Å²) in [4.78, 5) is 11.8. The fourth-order valence-corrected chi connectivity index (χ4v) is 1.70. The average Bonchev–Trinajstić information content (AvgIpc) is 2.58. The molecule has 24 heavy (non-hydrogen) atoms. The van der Waals surface area contributed by atoms with Crippen LogP contribution in [0.15, 0.2) is 35.9 Å². The molecule has 0 unspecified atom stereocenters. The van der Waals surface area contributed by atoms with Crippen LogP contribution in [0.2, 0.25) is 0 Å². The van der Waals surface area contributed by atoms with E-state index in [0.717, 1.165) is 5.57 Å². The lowest BCUT2D eigenvalue weighted by molar-refractivity contribution is -0.0925. The molecule has 1 aromatic rings. The number of ether oxygens (including phenoxy) is 2. The predicted molar refractivity (Wildman–Crippen MR) is 86.8 cm³/mol. The fourth-order valence-electron chi connectivity index (χ4n) is 1.70. The molecule has 1 rings (SSSR count). The number of allylic oxidation sites excluding steroid dienone is 1. The van der Waals surface area contributed by atoms with Crippen molar-refractivity contribution in [2.24, 2.45) is 0 Å². The Labute approximate surface area is 140 Å². The van der Waals surface area contributed by atoms with Crippen LogP contribution in [-0.4, -0.2) is 64.5 Å². The molecule has 0 aliphatic rings. The summed E-state index contributed by atoms with van der Waals surface area (Å²) in [6.07, 6.45) is -2.68. The van der Waals surface area contributed by atoms with Gasteiger partial charge in [-0.1, -0.05) is 5.57 Å². The summed E-state index contributed by atoms with van der Waals surface area (Å²) < 4.78 is 10.3. The Kier molecular flexibility index (Phi) is 8.42. The van der Waals surface area contributed by atoms with E-state index in [1.54, 1.807) is 12.1 Å². The number of esters is 1. The van der Waals surface area contributed by atoms with Crippen LogP contribution in [0.3, 0.4) is 0 Å². The fraction of sp³-hybridized carbons (Fsp3) is 0.471. The smallest absolute Gasteiger partial charge is 0.338 e. The van der Waals surface area contributed by atoms with Gasteiger partial charge in [-0.2, -0.15) is 0 Å². The van der Waals surface area contributed by atoms with Crippen LogP contribution in [0, 0.1) is 0 Å². The zero-order valence-electron chi connectivity index (χ0n) is 13.8. The summed E-state index contributed by atoms with van der Waals surface area (Å²) in [6, 6.07) is 6.28. The van der Waals surface area contributed by atoms with Gasteiger partial charge in [0, 0.05) is 0 Å². The monoisotopic (exact) mass is 340 g/mol. The Balaban J connectivity index is 2.49. The van der Waals surface area contributed by atoms with E-state index < -0.39 is 37.5 Å². The van der Waals surface area contributed by atoms with Gasteiger partial charge in [0.25, 0.3) is 0 Å². The maximum Gasteiger partial charge on any atom is 0.338 e. The number of rotatable bonds is 9. The molecule has 0 aliphatic heterocycles. The molecule has 134 valence electrons. The van der Waals surface area contributed by atoms with Crippen molar-refractivity contribution in [2.45, 2.75) is 32.2 Å². The summed E-state index contributed by atoms with van der Waals surface area (Å²) in [5.41, 5.74) is 1.40. The van der Waals surface area contributed by atoms with Crippen LogP contribution in [0.25, 0.3) is 0 Å². The van der Waals surface area contributed by atoms with Crippen molar-refractivity contribution in [1.82, 2.24) is 0 Å². The third kappa shape index (κ3) is 6.67. The minimum Gasteiger partial charge on any atom is -0.490 e. The molecule has 4 N–H and O–H groups in total. The molecule has 0 saturated carbocycles. The highest BCUT2D eigenvalue weighted by molar-refractivity contribution is 5.89. The normalized spacial score (nSPS) is 14.4. The number of carbonyl (C=O) groups excluding carboxylic acids is 1. The van der Waals surface area contributed by atoms with Crippen molar-refractivity contribution in [1.29, 1.82) is 0 Å². The first kappa shape index (κ1) is 20.1. The van der Waals surface area contributed by atoms with E-state index in [1.807, 2.05) is 19.9 Å². The highest BCUT2D eigenvalue weighted by atomic mass is 16.5. The van der Waals surface area contributed by atoms with Crippen molar-refractivity contribution in [2.75, 3.05) is 19.8 Å². The van der Waals surface area contributed by atoms with E-state index in [1.165, 1.54) is 12.1 Å². The highest BCUT2D eigenvalue weighted by Gasteiger charge is 2.25. The number of benzene rings is 1. The first-order valence-corrected chi connectivity index (χ1v) is 7.53. The molecule has 0 heterocycles. The first-order valence-electron chi connectivity index (χ1n) is 7.53. The third-order valence-electron chi connectivity index (χ3n) is 3.19. The Morgan fingerprint density at radius 3 is 2.29 bits per heavy atom. The van der Waals surface area contributed by atoms with Crippen LogP contribution >= 0.6 is 0 Å². The second-order valence-corrected chi connectivity index (χ2v) is 5.52. The van der Waals surface area contributed by atoms with Gasteiger partial charge in [-0.05, 0) is 44.2 Å². The molecule has 0 saturated heterocycles. The second kappa shape index (κ2) is 10.0. The number of hydrogen-bond acceptors (Lipinski definition) is 7. The van der Waals surface area contributed by atoms with Gasteiger partial charge in [0.1, 0.15) is 37.3 Å². The molecule has 1 aromatic carbocycles. The van der Waals surface area contributed by atoms with Gasteiger partial charge < -0.3 is 29.9 Å². The van der Waals surface area contributed by atoms with Crippen LogP contribution in [0.5, 0.6) is 5.75 Å². The zero-order valence-corrected chi connectivity index (χ0v) is 13.8. The predicted octanol–water partition coefficient (Wildman–Crippen LogP) is 0.263. The lowest BCUT2D eigenvalue weighted by atomic mass is 10.1. The Hall–Kier alpha value is -1.93. The molecule has 3 atom stereocenters. The summed E-state index contributed by atoms with van der Waals surface area (Å²) >= 11 is 0. The van der Waals surface area contributed by atoms with E-state index >= 15 is 0 Å². The van der Waals surface area contributed by atoms with E-state index in [0.29, 0.717) is 12.4 Å². The Morgan fingerprint density at radius 1 is 1.12 bits per heavy atom. The van der Waals surface area contributed by atoms with Crippen molar-refractivity contribution in [3.63, 3.8) is 0 Å². The van der Waals surface area contributed by atoms with E-state index in [9.17, 15) is 20.1 Å². The molecule has 0 radical (unpaired) electrons. The second-order valence-electron chi connectivity index (χ2n) is 5.52. The van der Waals surface area contributed by atoms with Crippen LogP contribution in [0.4, 0.5) is 0 Å². The SMILES string of the molecule is CC(C)=CCOc1ccc(C(=O)OC[C@@H](O)[C@H](O)[C@H](O)CO)cc1. The van der Waals surface area contributed by atoms with Gasteiger partial charge in [-0.25, -0.2) is 4.79 Å². The molecule has 0 fully saturated rings. The van der Waals surface area contributed by atoms with Crippen molar-refractivity contribution >= 4 is 5.97 Å². The van der Waals surface area contributed by atoms with Crippen LogP contribution in [-0.2, 0) is 4.74 Å². The molecule has 7 heteroatoms. The number of carbonyl (C=O) groups is 1. The average molecular weight is 340 g/mol. The van der Waals surface area contributed by atoms with Gasteiger partial charge in [0.15, 0.2) is 0 Å². The number of hydrogen-bond donors (Lipinski definition) is 4. The summed E-state index contributed by atoms with van der Waals surface area (Å²) in [5.74, 6) is -0.0823. The number of aliphatic hydroxyl groups is 4. The molecular weight excluding hydrogens is 316 g/mol. The first-order chi connectivity index (χ1) is 11.3. The summed E-state index contributed by atoms with van der Waals surface area (Å²) in [7, 11) is 0. The Bertz CT molecular complexity index is 534. The quantitative estimate of drug-likeness (QED) is 0.376. The van der Waals surface area contributed by atoms with Crippen LogP contribution < -0.4 is 4.74 Å². The lowest BCUT2D eigenvalue weighted by Gasteiger charge is -2.21. The molecular formula is C17H24O7. The van der Waals surface area contributed by atoms with Crippen molar-refractivity contribution in [3.8, 4) is 5.75 Å². The molecule has 0 amide bonds. The summed E-state index contributed by atoms with van der Waals surface area (Å²) in [5, 5.41) is 36.9. The van der Waals surface area contributed by atoms with Gasteiger partial charge >= 0.3 is 5.97 Å². The highest BCUT2D eigenvalue weighted by Crippen LogP contribution is 2.13. The molecule has 0 aliphatic carbocycles. The summed E-state index contributed by atoms with van der Waals surface area (Å²) in [6.45, 7) is 3.15. The standard InChI is InChI=1S/C17H24O7/c1-11(2)7-8-23-13-5-3-12(4-6-13)17(22)24-10-15(20)16(21)14(19)9-18/h3-7,14-16,18-21H,8-10H2,1-2H3/t14-,15-,16-/m1/s1. The van der Waals surface area contributed by atoms with Gasteiger partial charge in [-0.15, -0.1) is 0 Å². The van der Waals surface area contributed by atoms with Crippen LogP contribution in [0.1, 0.15) is 24.2 Å². The Morgan fingerprint density at radius 2 is 1.75 bits per heavy atom. The molecule has 0 bridgehead atoms. The van der Waals surface area contributed by atoms with E-state index in [4.69, 9.17) is 14.6 Å². The topological polar surface area (TPSA) is 116 Å². The molecule has 7 nitrogen and oxygen atoms in total. The minimum absolute atomic E-state index is 0.258. The third-order valence-corrected chi connectivity index (χ3v) is 3.19.